The lowest BCUT2D eigenvalue weighted by molar-refractivity contribution is -0.169. The van der Waals surface area contributed by atoms with E-state index in [1.54, 1.807) is 16.8 Å². The van der Waals surface area contributed by atoms with Crippen LogP contribution in [0.2, 0.25) is 0 Å². The number of fused-ring (bicyclic) bond motifs is 2. The molecule has 1 aromatic heterocycles. The number of morpholine rings is 1. The van der Waals surface area contributed by atoms with Gasteiger partial charge in [-0.25, -0.2) is 0 Å². The van der Waals surface area contributed by atoms with Crippen LogP contribution in [0.3, 0.4) is 0 Å². The summed E-state index contributed by atoms with van der Waals surface area (Å²) in [6.45, 7) is 1.80. The van der Waals surface area contributed by atoms with Crippen molar-refractivity contribution in [2.75, 3.05) is 39.9 Å². The topological polar surface area (TPSA) is 87.8 Å². The summed E-state index contributed by atoms with van der Waals surface area (Å²) in [5.41, 5.74) is 1.31. The Morgan fingerprint density at radius 1 is 1.06 bits per heavy atom. The van der Waals surface area contributed by atoms with Crippen LogP contribution < -0.4 is 4.74 Å². The highest BCUT2D eigenvalue weighted by molar-refractivity contribution is 6.05. The number of aromatic nitrogens is 2. The van der Waals surface area contributed by atoms with Crippen molar-refractivity contribution < 1.29 is 19.1 Å². The first-order chi connectivity index (χ1) is 16.6. The molecule has 1 atom stereocenters. The van der Waals surface area contributed by atoms with Crippen molar-refractivity contribution >= 4 is 22.7 Å². The maximum atomic E-state index is 13.6. The Kier molecular flexibility index (Phi) is 6.24. The van der Waals surface area contributed by atoms with E-state index in [0.29, 0.717) is 38.4 Å². The molecule has 1 fully saturated rings. The molecule has 2 amide bonds. The predicted molar refractivity (Wildman–Crippen MR) is 128 cm³/mol. The zero-order chi connectivity index (χ0) is 23.5. The molecule has 0 saturated carbocycles. The minimum absolute atomic E-state index is 0.102. The Labute approximate surface area is 198 Å². The molecule has 1 spiro atoms. The summed E-state index contributed by atoms with van der Waals surface area (Å²) >= 11 is 0. The minimum atomic E-state index is -1.06. The molecular weight excluding hydrogens is 432 g/mol. The SMILES string of the molecule is CN1CCOc2ccccc2CCCCC2(CN(C(=O)c3n[nH]c4ccccc34)CCO2)C1=O. The fraction of sp³-hybridized carbons (Fsp3) is 0.423. The van der Waals surface area contributed by atoms with Crippen molar-refractivity contribution in [3.05, 3.63) is 59.8 Å². The molecule has 8 heteroatoms. The van der Waals surface area contributed by atoms with Gasteiger partial charge < -0.3 is 19.3 Å². The molecule has 3 aromatic rings. The number of carbonyl (C=O) groups excluding carboxylic acids is 2. The lowest BCUT2D eigenvalue weighted by Gasteiger charge is -2.43. The quantitative estimate of drug-likeness (QED) is 0.601. The molecule has 8 nitrogen and oxygen atoms in total. The number of benzene rings is 2. The van der Waals surface area contributed by atoms with Crippen LogP contribution in [-0.2, 0) is 16.0 Å². The standard InChI is InChI=1S/C26H30N4O4/c1-29-14-16-33-22-12-5-2-8-19(22)9-6-7-13-26(25(29)32)18-30(15-17-34-26)24(31)23-20-10-3-4-11-21(20)27-28-23/h2-5,8,10-12H,6-7,9,13-18H2,1H3,(H,27,28). The Bertz CT molecular complexity index is 1190. The number of carbonyl (C=O) groups is 2. The van der Waals surface area contributed by atoms with E-state index < -0.39 is 5.60 Å². The van der Waals surface area contributed by atoms with Gasteiger partial charge in [0.1, 0.15) is 12.4 Å². The molecule has 2 aromatic carbocycles. The highest BCUT2D eigenvalue weighted by Gasteiger charge is 2.46. The third-order valence-corrected chi connectivity index (χ3v) is 6.82. The van der Waals surface area contributed by atoms with Crippen molar-refractivity contribution in [2.45, 2.75) is 31.3 Å². The van der Waals surface area contributed by atoms with Crippen LogP contribution >= 0.6 is 0 Å². The Balaban J connectivity index is 1.38. The van der Waals surface area contributed by atoms with Crippen LogP contribution in [0.1, 0.15) is 35.3 Å². The summed E-state index contributed by atoms with van der Waals surface area (Å²) in [5, 5.41) is 7.99. The van der Waals surface area contributed by atoms with Crippen molar-refractivity contribution in [3.8, 4) is 5.75 Å². The van der Waals surface area contributed by atoms with Crippen LogP contribution in [0.25, 0.3) is 10.9 Å². The smallest absolute Gasteiger partial charge is 0.275 e. The first-order valence-corrected chi connectivity index (χ1v) is 11.9. The maximum Gasteiger partial charge on any atom is 0.275 e. The van der Waals surface area contributed by atoms with E-state index in [4.69, 9.17) is 9.47 Å². The zero-order valence-electron chi connectivity index (χ0n) is 19.5. The second-order valence-electron chi connectivity index (χ2n) is 9.08. The number of hydrogen-bond donors (Lipinski definition) is 1. The van der Waals surface area contributed by atoms with Gasteiger partial charge in [-0.2, -0.15) is 5.10 Å². The van der Waals surface area contributed by atoms with Crippen molar-refractivity contribution in [1.29, 1.82) is 0 Å². The lowest BCUT2D eigenvalue weighted by atomic mass is 9.91. The van der Waals surface area contributed by atoms with Crippen LogP contribution in [0, 0.1) is 0 Å². The van der Waals surface area contributed by atoms with Crippen LogP contribution in [0.4, 0.5) is 0 Å². The van der Waals surface area contributed by atoms with Crippen LogP contribution in [-0.4, -0.2) is 77.3 Å². The van der Waals surface area contributed by atoms with E-state index in [-0.39, 0.29) is 18.4 Å². The molecule has 1 N–H and O–H groups in total. The molecular formula is C26H30N4O4. The van der Waals surface area contributed by atoms with Gasteiger partial charge in [0.25, 0.3) is 11.8 Å². The summed E-state index contributed by atoms with van der Waals surface area (Å²) in [6, 6.07) is 15.6. The Morgan fingerprint density at radius 3 is 2.79 bits per heavy atom. The molecule has 0 bridgehead atoms. The summed E-state index contributed by atoms with van der Waals surface area (Å²) in [4.78, 5) is 30.5. The average Bonchev–Trinajstić information content (AvgIpc) is 3.30. The van der Waals surface area contributed by atoms with Crippen LogP contribution in [0.5, 0.6) is 5.75 Å². The largest absolute Gasteiger partial charge is 0.491 e. The molecule has 3 heterocycles. The third kappa shape index (κ3) is 4.25. The summed E-state index contributed by atoms with van der Waals surface area (Å²) in [6.07, 6.45) is 3.14. The second kappa shape index (κ2) is 9.46. The molecule has 1 unspecified atom stereocenters. The monoisotopic (exact) mass is 462 g/mol. The van der Waals surface area contributed by atoms with E-state index in [2.05, 4.69) is 16.3 Å². The van der Waals surface area contributed by atoms with Gasteiger partial charge in [0, 0.05) is 19.0 Å². The van der Waals surface area contributed by atoms with E-state index in [1.165, 1.54) is 5.56 Å². The molecule has 5 rings (SSSR count). The number of nitrogens with one attached hydrogen (secondary N) is 1. The first kappa shape index (κ1) is 22.4. The second-order valence-corrected chi connectivity index (χ2v) is 9.08. The number of aryl methyl sites for hydroxylation is 1. The van der Waals surface area contributed by atoms with E-state index in [1.807, 2.05) is 42.5 Å². The summed E-state index contributed by atoms with van der Waals surface area (Å²) < 4.78 is 12.2. The molecule has 2 aliphatic rings. The first-order valence-electron chi connectivity index (χ1n) is 11.9. The number of hydrogen-bond acceptors (Lipinski definition) is 5. The van der Waals surface area contributed by atoms with Gasteiger partial charge in [0.05, 0.1) is 25.2 Å². The average molecular weight is 463 g/mol. The van der Waals surface area contributed by atoms with E-state index >= 15 is 0 Å². The molecule has 2 aliphatic heterocycles. The Morgan fingerprint density at radius 2 is 1.88 bits per heavy atom. The number of rotatable bonds is 1. The zero-order valence-corrected chi connectivity index (χ0v) is 19.5. The summed E-state index contributed by atoms with van der Waals surface area (Å²) in [7, 11) is 1.77. The third-order valence-electron chi connectivity index (χ3n) is 6.82. The predicted octanol–water partition coefficient (Wildman–Crippen LogP) is 3.04. The van der Waals surface area contributed by atoms with E-state index in [0.717, 1.165) is 35.9 Å². The highest BCUT2D eigenvalue weighted by atomic mass is 16.5. The van der Waals surface area contributed by atoms with E-state index in [9.17, 15) is 9.59 Å². The van der Waals surface area contributed by atoms with Gasteiger partial charge >= 0.3 is 0 Å². The minimum Gasteiger partial charge on any atom is -0.491 e. The molecule has 1 saturated heterocycles. The number of likely N-dealkylation sites (N-methyl/N-ethyl adjacent to an activating group) is 1. The van der Waals surface area contributed by atoms with Gasteiger partial charge in [-0.1, -0.05) is 36.4 Å². The molecule has 0 radical (unpaired) electrons. The maximum absolute atomic E-state index is 13.6. The lowest BCUT2D eigenvalue weighted by Crippen LogP contribution is -2.61. The van der Waals surface area contributed by atoms with Gasteiger partial charge in [0.2, 0.25) is 0 Å². The van der Waals surface area contributed by atoms with Gasteiger partial charge in [0.15, 0.2) is 11.3 Å². The number of ether oxygens (including phenoxy) is 2. The van der Waals surface area contributed by atoms with Gasteiger partial charge in [-0.3, -0.25) is 14.7 Å². The molecule has 178 valence electrons. The van der Waals surface area contributed by atoms with Gasteiger partial charge in [-0.15, -0.1) is 0 Å². The van der Waals surface area contributed by atoms with Crippen LogP contribution in [0.15, 0.2) is 48.5 Å². The normalized spacial score (nSPS) is 22.1. The highest BCUT2D eigenvalue weighted by Crippen LogP contribution is 2.30. The fourth-order valence-corrected chi connectivity index (χ4v) is 4.94. The van der Waals surface area contributed by atoms with Gasteiger partial charge in [-0.05, 0) is 43.4 Å². The number of para-hydroxylation sites is 2. The number of amides is 2. The van der Waals surface area contributed by atoms with Crippen molar-refractivity contribution in [3.63, 3.8) is 0 Å². The molecule has 0 aliphatic carbocycles. The fourth-order valence-electron chi connectivity index (χ4n) is 4.94. The Hall–Kier alpha value is -3.39. The number of H-pyrrole nitrogens is 1. The van der Waals surface area contributed by atoms with Crippen molar-refractivity contribution in [1.82, 2.24) is 20.0 Å². The number of aromatic amines is 1. The number of nitrogens with zero attached hydrogens (tertiary/aromatic N) is 3. The van der Waals surface area contributed by atoms with Crippen molar-refractivity contribution in [2.24, 2.45) is 0 Å². The molecule has 34 heavy (non-hydrogen) atoms. The summed E-state index contributed by atoms with van der Waals surface area (Å²) in [5.74, 6) is 0.601.